The van der Waals surface area contributed by atoms with Crippen LogP contribution < -0.4 is 10.2 Å². The standard InChI is InChI=1S/C26H26N8O/c1-32-13-21(19-5-3-2-4-6-19)29-23(32)8-7-22-30-24(33-14-26(15-33)16-35-17-26)20-11-28-34(25(20)31-22)12-18-9-27-10-18/h2-6,11,13,18,27H,9-10,12,14-17H2,1H3. The second kappa shape index (κ2) is 7.90. The molecule has 7 rings (SSSR count). The van der Waals surface area contributed by atoms with Crippen LogP contribution >= 0.6 is 0 Å². The molecule has 6 heterocycles. The first-order valence-electron chi connectivity index (χ1n) is 12.0. The van der Waals surface area contributed by atoms with Gasteiger partial charge >= 0.3 is 0 Å². The van der Waals surface area contributed by atoms with E-state index in [2.05, 4.69) is 39.3 Å². The van der Waals surface area contributed by atoms with Crippen LogP contribution in [0.3, 0.4) is 0 Å². The highest BCUT2D eigenvalue weighted by Crippen LogP contribution is 2.41. The molecule has 0 amide bonds. The molecule has 3 aliphatic rings. The van der Waals surface area contributed by atoms with E-state index < -0.39 is 0 Å². The Balaban J connectivity index is 1.25. The Morgan fingerprint density at radius 2 is 1.91 bits per heavy atom. The number of fused-ring (bicyclic) bond motifs is 1. The van der Waals surface area contributed by atoms with Crippen LogP contribution in [0.1, 0.15) is 11.6 Å². The monoisotopic (exact) mass is 466 g/mol. The summed E-state index contributed by atoms with van der Waals surface area (Å²) in [5.74, 6) is 9.06. The minimum atomic E-state index is 0.289. The Kier molecular flexibility index (Phi) is 4.65. The molecule has 0 bridgehead atoms. The third kappa shape index (κ3) is 3.57. The summed E-state index contributed by atoms with van der Waals surface area (Å²) in [6.45, 7) is 6.44. The molecule has 1 spiro atoms. The molecule has 3 aromatic heterocycles. The summed E-state index contributed by atoms with van der Waals surface area (Å²) < 4.78 is 9.41. The molecule has 4 aromatic rings. The molecule has 176 valence electrons. The lowest BCUT2D eigenvalue weighted by Gasteiger charge is -2.55. The molecule has 0 atom stereocenters. The SMILES string of the molecule is Cn1cc(-c2ccccc2)nc1C#Cc1nc(N2CC3(COC3)C2)c2cnn(CC3CNC3)c2n1. The van der Waals surface area contributed by atoms with Gasteiger partial charge < -0.3 is 19.5 Å². The zero-order valence-electron chi connectivity index (χ0n) is 19.6. The van der Waals surface area contributed by atoms with Crippen molar-refractivity contribution in [3.05, 3.63) is 54.4 Å². The van der Waals surface area contributed by atoms with E-state index >= 15 is 0 Å². The van der Waals surface area contributed by atoms with Gasteiger partial charge in [0.1, 0.15) is 5.82 Å². The lowest BCUT2D eigenvalue weighted by atomic mass is 9.78. The first-order chi connectivity index (χ1) is 17.2. The first-order valence-corrected chi connectivity index (χ1v) is 12.0. The van der Waals surface area contributed by atoms with Crippen molar-refractivity contribution in [2.24, 2.45) is 18.4 Å². The fourth-order valence-corrected chi connectivity index (χ4v) is 5.02. The Bertz CT molecular complexity index is 1460. The third-order valence-corrected chi connectivity index (χ3v) is 7.17. The van der Waals surface area contributed by atoms with E-state index in [1.165, 1.54) is 0 Å². The van der Waals surface area contributed by atoms with Gasteiger partial charge in [-0.25, -0.2) is 19.6 Å². The third-order valence-electron chi connectivity index (χ3n) is 7.17. The number of rotatable bonds is 4. The van der Waals surface area contributed by atoms with Gasteiger partial charge in [-0.1, -0.05) is 30.3 Å². The summed E-state index contributed by atoms with van der Waals surface area (Å²) in [7, 11) is 1.96. The van der Waals surface area contributed by atoms with Crippen molar-refractivity contribution in [1.82, 2.24) is 34.6 Å². The van der Waals surface area contributed by atoms with Gasteiger partial charge in [0.2, 0.25) is 5.82 Å². The molecule has 0 unspecified atom stereocenters. The highest BCUT2D eigenvalue weighted by molar-refractivity contribution is 5.88. The number of anilines is 1. The summed E-state index contributed by atoms with van der Waals surface area (Å²) in [4.78, 5) is 16.8. The van der Waals surface area contributed by atoms with Gasteiger partial charge in [0.25, 0.3) is 0 Å². The van der Waals surface area contributed by atoms with Crippen molar-refractivity contribution < 1.29 is 4.74 Å². The molecule has 1 N–H and O–H groups in total. The number of hydrogen-bond donors (Lipinski definition) is 1. The number of ether oxygens (including phenoxy) is 1. The predicted octanol–water partition coefficient (Wildman–Crippen LogP) is 1.68. The maximum Gasteiger partial charge on any atom is 0.209 e. The van der Waals surface area contributed by atoms with Gasteiger partial charge in [-0.2, -0.15) is 5.10 Å². The van der Waals surface area contributed by atoms with Gasteiger partial charge in [0, 0.05) is 57.4 Å². The van der Waals surface area contributed by atoms with Crippen LogP contribution in [-0.4, -0.2) is 68.7 Å². The number of benzene rings is 1. The van der Waals surface area contributed by atoms with E-state index in [1.54, 1.807) is 0 Å². The molecular weight excluding hydrogens is 440 g/mol. The van der Waals surface area contributed by atoms with Crippen molar-refractivity contribution in [1.29, 1.82) is 0 Å². The molecule has 35 heavy (non-hydrogen) atoms. The van der Waals surface area contributed by atoms with E-state index in [1.807, 2.05) is 46.9 Å². The summed E-state index contributed by atoms with van der Waals surface area (Å²) in [5.41, 5.74) is 3.10. The van der Waals surface area contributed by atoms with Crippen LogP contribution in [-0.2, 0) is 18.3 Å². The van der Waals surface area contributed by atoms with Gasteiger partial charge in [-0.3, -0.25) is 0 Å². The summed E-state index contributed by atoms with van der Waals surface area (Å²) >= 11 is 0. The smallest absolute Gasteiger partial charge is 0.209 e. The van der Waals surface area contributed by atoms with Gasteiger partial charge in [0.15, 0.2) is 11.5 Å². The zero-order chi connectivity index (χ0) is 23.4. The molecule has 0 radical (unpaired) electrons. The van der Waals surface area contributed by atoms with Gasteiger partial charge in [-0.05, 0) is 11.8 Å². The van der Waals surface area contributed by atoms with Crippen LogP contribution in [0.15, 0.2) is 42.7 Å². The fraction of sp³-hybridized carbons (Fsp3) is 0.385. The average Bonchev–Trinajstić information content (AvgIpc) is 3.36. The molecule has 3 aliphatic heterocycles. The minimum absolute atomic E-state index is 0.289. The Morgan fingerprint density at radius 3 is 2.63 bits per heavy atom. The van der Waals surface area contributed by atoms with E-state index in [0.29, 0.717) is 17.6 Å². The van der Waals surface area contributed by atoms with Gasteiger partial charge in [-0.15, -0.1) is 0 Å². The second-order valence-electron chi connectivity index (χ2n) is 9.98. The largest absolute Gasteiger partial charge is 0.380 e. The van der Waals surface area contributed by atoms with Crippen LogP contribution in [0, 0.1) is 23.2 Å². The van der Waals surface area contributed by atoms with E-state index in [9.17, 15) is 0 Å². The zero-order valence-corrected chi connectivity index (χ0v) is 19.6. The molecule has 9 nitrogen and oxygen atoms in total. The topological polar surface area (TPSA) is 85.9 Å². The maximum absolute atomic E-state index is 5.46. The van der Waals surface area contributed by atoms with Crippen LogP contribution in [0.5, 0.6) is 0 Å². The van der Waals surface area contributed by atoms with Crippen molar-refractivity contribution >= 4 is 16.9 Å². The van der Waals surface area contributed by atoms with Crippen LogP contribution in [0.2, 0.25) is 0 Å². The van der Waals surface area contributed by atoms with E-state index in [4.69, 9.17) is 19.7 Å². The van der Waals surface area contributed by atoms with Crippen LogP contribution in [0.25, 0.3) is 22.3 Å². The normalized spacial score (nSPS) is 18.6. The number of imidazole rings is 1. The molecule has 3 fully saturated rings. The average molecular weight is 467 g/mol. The number of aromatic nitrogens is 6. The van der Waals surface area contributed by atoms with Crippen molar-refractivity contribution in [3.8, 4) is 23.1 Å². The second-order valence-corrected chi connectivity index (χ2v) is 9.98. The molecule has 0 aliphatic carbocycles. The Morgan fingerprint density at radius 1 is 1.09 bits per heavy atom. The number of aryl methyl sites for hydroxylation is 1. The van der Waals surface area contributed by atoms with Crippen molar-refractivity contribution in [2.45, 2.75) is 6.54 Å². The summed E-state index contributed by atoms with van der Waals surface area (Å²) in [6, 6.07) is 10.1. The highest BCUT2D eigenvalue weighted by atomic mass is 16.5. The molecule has 3 saturated heterocycles. The number of nitrogens with zero attached hydrogens (tertiary/aromatic N) is 7. The molecule has 0 saturated carbocycles. The lowest BCUT2D eigenvalue weighted by Crippen LogP contribution is -2.66. The number of hydrogen-bond acceptors (Lipinski definition) is 7. The van der Waals surface area contributed by atoms with Crippen molar-refractivity contribution in [3.63, 3.8) is 0 Å². The Labute approximate surface area is 203 Å². The quantitative estimate of drug-likeness (QED) is 0.458. The maximum atomic E-state index is 5.46. The molecule has 1 aromatic carbocycles. The molecular formula is C26H26N8O. The highest BCUT2D eigenvalue weighted by Gasteiger charge is 2.50. The Hall–Kier alpha value is -3.74. The van der Waals surface area contributed by atoms with E-state index in [-0.39, 0.29) is 5.41 Å². The lowest BCUT2D eigenvalue weighted by molar-refractivity contribution is -0.127. The van der Waals surface area contributed by atoms with Crippen molar-refractivity contribution in [2.75, 3.05) is 44.3 Å². The fourth-order valence-electron chi connectivity index (χ4n) is 5.02. The number of nitrogens with one attached hydrogen (secondary N) is 1. The van der Waals surface area contributed by atoms with E-state index in [0.717, 1.165) is 74.0 Å². The summed E-state index contributed by atoms with van der Waals surface area (Å²) in [6.07, 6.45) is 3.90. The predicted molar refractivity (Wildman–Crippen MR) is 132 cm³/mol. The summed E-state index contributed by atoms with van der Waals surface area (Å²) in [5, 5.41) is 8.99. The first kappa shape index (κ1) is 20.6. The molecule has 9 heteroatoms. The van der Waals surface area contributed by atoms with Crippen LogP contribution in [0.4, 0.5) is 5.82 Å². The van der Waals surface area contributed by atoms with Gasteiger partial charge in [0.05, 0.1) is 35.9 Å². The minimum Gasteiger partial charge on any atom is -0.380 e.